The van der Waals surface area contributed by atoms with E-state index >= 15 is 4.39 Å². The van der Waals surface area contributed by atoms with Crippen molar-refractivity contribution in [2.45, 2.75) is 110 Å². The number of amides is 1. The molecule has 1 spiro atoms. The second-order valence-electron chi connectivity index (χ2n) is 21.0. The van der Waals surface area contributed by atoms with Gasteiger partial charge in [0, 0.05) is 118 Å². The van der Waals surface area contributed by atoms with Crippen LogP contribution in [0, 0.1) is 34.4 Å². The third-order valence-electron chi connectivity index (χ3n) is 16.6. The van der Waals surface area contributed by atoms with Crippen LogP contribution >= 0.6 is 11.6 Å². The number of nitrogens with zero attached hydrogens (tertiary/aromatic N) is 9. The van der Waals surface area contributed by atoms with E-state index in [1.165, 1.54) is 51.4 Å². The van der Waals surface area contributed by atoms with Gasteiger partial charge in [0.1, 0.15) is 11.9 Å². The van der Waals surface area contributed by atoms with Gasteiger partial charge in [0.25, 0.3) is 6.43 Å². The minimum atomic E-state index is -2.61. The molecular weight excluding hydrogens is 909 g/mol. The molecule has 1 aliphatic carbocycles. The molecule has 4 fully saturated rings. The predicted molar refractivity (Wildman–Crippen MR) is 272 cm³/mol. The lowest BCUT2D eigenvalue weighted by Gasteiger charge is -2.41. The van der Waals surface area contributed by atoms with Gasteiger partial charge in [0.05, 0.1) is 29.0 Å². The number of hydrogen-bond acceptors (Lipinski definition) is 8. The second-order valence-corrected chi connectivity index (χ2v) is 21.4. The molecule has 0 atom stereocenters. The molecule has 3 saturated heterocycles. The Morgan fingerprint density at radius 2 is 1.59 bits per heavy atom. The summed E-state index contributed by atoms with van der Waals surface area (Å²) in [5.41, 5.74) is 8.68. The zero-order chi connectivity index (χ0) is 48.5. The van der Waals surface area contributed by atoms with Crippen molar-refractivity contribution < 1.29 is 18.0 Å². The maximum atomic E-state index is 15.4. The Morgan fingerprint density at radius 1 is 0.857 bits per heavy atom. The molecule has 11 nitrogen and oxygen atoms in total. The lowest BCUT2D eigenvalue weighted by atomic mass is 9.77. The molecule has 5 aromatic rings. The number of hydrogen-bond donors (Lipinski definition) is 1. The minimum absolute atomic E-state index is 0.00610. The molecular formula is C55H66ClF3N10O. The number of piperidine rings is 2. The number of halogens is 4. The number of carbonyl (C=O) groups excluding carboxylic acids is 1. The van der Waals surface area contributed by atoms with Crippen LogP contribution in [0.15, 0.2) is 60.9 Å². The SMILES string of the molecule is CC(=O)N1CCc2[nH]nc(N3CCCc4cc(-c5cnn(C)c5)c(C(F)F)cc43)c2C1.N#Cc1ccc(N2CCC3(CCN(c4ccc(N5CCC(CC6CCCCC6)CC5)cc4F)CC3)C2)cc1Cl. The van der Waals surface area contributed by atoms with Crippen molar-refractivity contribution in [2.24, 2.45) is 24.3 Å². The maximum Gasteiger partial charge on any atom is 0.264 e. The van der Waals surface area contributed by atoms with Gasteiger partial charge in [-0.15, -0.1) is 0 Å². The third-order valence-corrected chi connectivity index (χ3v) is 16.9. The molecule has 5 aliphatic heterocycles. The van der Waals surface area contributed by atoms with Crippen molar-refractivity contribution in [3.8, 4) is 17.2 Å². The van der Waals surface area contributed by atoms with E-state index in [-0.39, 0.29) is 22.7 Å². The zero-order valence-electron chi connectivity index (χ0n) is 40.7. The van der Waals surface area contributed by atoms with Crippen LogP contribution in [-0.2, 0) is 31.2 Å². The van der Waals surface area contributed by atoms with E-state index in [9.17, 15) is 18.8 Å². The van der Waals surface area contributed by atoms with Crippen molar-refractivity contribution >= 4 is 46.1 Å². The van der Waals surface area contributed by atoms with Gasteiger partial charge >= 0.3 is 0 Å². The number of alkyl halides is 2. The van der Waals surface area contributed by atoms with Crippen molar-refractivity contribution in [2.75, 3.05) is 72.0 Å². The molecule has 370 valence electrons. The fraction of sp³-hybridized carbons (Fsp3) is 0.527. The summed E-state index contributed by atoms with van der Waals surface area (Å²) in [5.74, 6) is 2.49. The molecule has 0 bridgehead atoms. The molecule has 15 heteroatoms. The van der Waals surface area contributed by atoms with Crippen molar-refractivity contribution in [1.82, 2.24) is 24.9 Å². The van der Waals surface area contributed by atoms with Crippen LogP contribution < -0.4 is 19.6 Å². The van der Waals surface area contributed by atoms with Crippen LogP contribution in [-0.4, -0.2) is 83.1 Å². The van der Waals surface area contributed by atoms with Crippen LogP contribution in [0.2, 0.25) is 5.02 Å². The molecule has 0 unspecified atom stereocenters. The van der Waals surface area contributed by atoms with E-state index in [2.05, 4.69) is 42.1 Å². The first kappa shape index (κ1) is 48.0. The summed E-state index contributed by atoms with van der Waals surface area (Å²) in [6.45, 7) is 9.31. The zero-order valence-corrected chi connectivity index (χ0v) is 41.5. The van der Waals surface area contributed by atoms with Gasteiger partial charge in [-0.2, -0.15) is 15.5 Å². The third kappa shape index (κ3) is 10.1. The van der Waals surface area contributed by atoms with E-state index in [0.29, 0.717) is 47.8 Å². The summed E-state index contributed by atoms with van der Waals surface area (Å²) in [5, 5.41) is 21.5. The van der Waals surface area contributed by atoms with E-state index in [0.717, 1.165) is 129 Å². The average Bonchev–Trinajstić information content (AvgIpc) is 4.13. The standard InChI is InChI=1S/C33H42ClFN4.C22H24F2N6O/c34-30-21-28(7-6-27(30)23-36)39-19-14-33(24-39)12-17-38(18-13-33)32-9-8-29(22-31(32)35)37-15-10-26(11-16-37)20-25-4-2-1-3-5-25;1-13(31)29-7-5-19-18(12-29)22(27-26-19)30-6-3-4-14-8-16(15-10-25-28(2)11-15)17(21(23)24)9-20(14)30/h6-9,21-22,25-26H,1-5,10-20,24H2;8-11,21H,3-7,12H2,1-2H3,(H,26,27). The molecule has 7 heterocycles. The second kappa shape index (κ2) is 20.6. The Balaban J connectivity index is 0.000000166. The topological polar surface area (TPSA) is 104 Å². The number of aromatic nitrogens is 4. The number of carbonyl (C=O) groups is 1. The van der Waals surface area contributed by atoms with Crippen LogP contribution in [0.3, 0.4) is 0 Å². The Morgan fingerprint density at radius 3 is 2.27 bits per heavy atom. The first-order valence-corrected chi connectivity index (χ1v) is 26.1. The quantitative estimate of drug-likeness (QED) is 0.164. The number of anilines is 5. The van der Waals surface area contributed by atoms with Gasteiger partial charge in [-0.3, -0.25) is 14.6 Å². The molecule has 11 rings (SSSR count). The average molecular weight is 976 g/mol. The Kier molecular flexibility index (Phi) is 14.1. The number of rotatable bonds is 8. The summed E-state index contributed by atoms with van der Waals surface area (Å²) in [6, 6.07) is 17.3. The lowest BCUT2D eigenvalue weighted by molar-refractivity contribution is -0.129. The van der Waals surface area contributed by atoms with Crippen molar-refractivity contribution in [3.63, 3.8) is 0 Å². The van der Waals surface area contributed by atoms with Crippen LogP contribution in [0.4, 0.5) is 41.7 Å². The fourth-order valence-corrected chi connectivity index (χ4v) is 12.7. The molecule has 0 radical (unpaired) electrons. The first-order chi connectivity index (χ1) is 33.9. The smallest absolute Gasteiger partial charge is 0.264 e. The van der Waals surface area contributed by atoms with Crippen LogP contribution in [0.1, 0.15) is 118 Å². The fourth-order valence-electron chi connectivity index (χ4n) is 12.5. The van der Waals surface area contributed by atoms with Gasteiger partial charge < -0.3 is 24.5 Å². The number of benzene rings is 3. The highest BCUT2D eigenvalue weighted by atomic mass is 35.5. The predicted octanol–water partition coefficient (Wildman–Crippen LogP) is 11.8. The number of aromatic amines is 1. The highest BCUT2D eigenvalue weighted by Gasteiger charge is 2.41. The Labute approximate surface area is 415 Å². The van der Waals surface area contributed by atoms with E-state index in [1.54, 1.807) is 48.1 Å². The largest absolute Gasteiger partial charge is 0.371 e. The molecule has 1 N–H and O–H groups in total. The number of H-pyrrole nitrogens is 1. The molecule has 6 aliphatic rings. The van der Waals surface area contributed by atoms with Gasteiger partial charge in [-0.05, 0) is 128 Å². The summed E-state index contributed by atoms with van der Waals surface area (Å²) in [4.78, 5) is 22.8. The van der Waals surface area contributed by atoms with Crippen molar-refractivity contribution in [1.29, 1.82) is 5.26 Å². The Bertz CT molecular complexity index is 2710. The van der Waals surface area contributed by atoms with E-state index < -0.39 is 6.43 Å². The summed E-state index contributed by atoms with van der Waals surface area (Å²) >= 11 is 6.30. The first-order valence-electron chi connectivity index (χ1n) is 25.7. The molecule has 1 saturated carbocycles. The number of fused-ring (bicyclic) bond motifs is 2. The maximum absolute atomic E-state index is 15.4. The van der Waals surface area contributed by atoms with E-state index in [4.69, 9.17) is 11.6 Å². The summed E-state index contributed by atoms with van der Waals surface area (Å²) < 4.78 is 45.2. The number of nitrogens with one attached hydrogen (secondary N) is 1. The van der Waals surface area contributed by atoms with Crippen molar-refractivity contribution in [3.05, 3.63) is 99.7 Å². The monoisotopic (exact) mass is 975 g/mol. The Hall–Kier alpha value is -5.68. The normalized spacial score (nSPS) is 19.5. The van der Waals surface area contributed by atoms with Gasteiger partial charge in [0.2, 0.25) is 5.91 Å². The minimum Gasteiger partial charge on any atom is -0.371 e. The lowest BCUT2D eigenvalue weighted by Crippen LogP contribution is -2.42. The van der Waals surface area contributed by atoms with E-state index in [1.807, 2.05) is 35.2 Å². The molecule has 70 heavy (non-hydrogen) atoms. The van der Waals surface area contributed by atoms with Gasteiger partial charge in [-0.25, -0.2) is 13.2 Å². The van der Waals surface area contributed by atoms with Gasteiger partial charge in [-0.1, -0.05) is 43.7 Å². The number of aryl methyl sites for hydroxylation is 2. The highest BCUT2D eigenvalue weighted by molar-refractivity contribution is 6.32. The molecule has 3 aromatic carbocycles. The highest BCUT2D eigenvalue weighted by Crippen LogP contribution is 2.45. The molecule has 2 aromatic heterocycles. The van der Waals surface area contributed by atoms with Crippen LogP contribution in [0.5, 0.6) is 0 Å². The summed E-state index contributed by atoms with van der Waals surface area (Å²) in [6.07, 6.45) is 17.6. The number of nitriles is 1. The molecule has 1 amide bonds. The summed E-state index contributed by atoms with van der Waals surface area (Å²) in [7, 11) is 1.77. The van der Waals surface area contributed by atoms with Gasteiger partial charge in [0.15, 0.2) is 5.82 Å². The van der Waals surface area contributed by atoms with Crippen LogP contribution in [0.25, 0.3) is 11.1 Å².